The first kappa shape index (κ1) is 13.3. The van der Waals surface area contributed by atoms with E-state index in [0.29, 0.717) is 11.8 Å². The van der Waals surface area contributed by atoms with Crippen molar-refractivity contribution in [2.45, 2.75) is 0 Å². The summed E-state index contributed by atoms with van der Waals surface area (Å²) in [4.78, 5) is 31.5. The van der Waals surface area contributed by atoms with Crippen molar-refractivity contribution < 1.29 is 14.6 Å². The lowest BCUT2D eigenvalue weighted by molar-refractivity contribution is -0.422. The van der Waals surface area contributed by atoms with Crippen LogP contribution in [0.5, 0.6) is 0 Å². The van der Waals surface area contributed by atoms with Crippen molar-refractivity contribution in [3.05, 3.63) is 68.3 Å². The van der Waals surface area contributed by atoms with Gasteiger partial charge < -0.3 is 0 Å². The van der Waals surface area contributed by atoms with E-state index in [0.717, 1.165) is 6.07 Å². The monoisotopic (exact) mass is 272 g/mol. The summed E-state index contributed by atoms with van der Waals surface area (Å²) in [6.07, 6.45) is 0.444. The molecule has 7 heteroatoms. The normalized spacial score (nSPS) is 10.0. The molecule has 0 N–H and O–H groups in total. The van der Waals surface area contributed by atoms with Gasteiger partial charge in [0.2, 0.25) is 0 Å². The quantitative estimate of drug-likeness (QED) is 0.483. The van der Waals surface area contributed by atoms with E-state index < -0.39 is 21.2 Å². The Bertz CT molecular complexity index is 697. The molecule has 2 aromatic rings. The summed E-state index contributed by atoms with van der Waals surface area (Å²) in [7, 11) is 0. The zero-order valence-electron chi connectivity index (χ0n) is 10.1. The van der Waals surface area contributed by atoms with Gasteiger partial charge in [-0.25, -0.2) is 0 Å². The highest BCUT2D eigenvalue weighted by molar-refractivity contribution is 5.94. The van der Waals surface area contributed by atoms with Crippen molar-refractivity contribution in [1.29, 1.82) is 0 Å². The van der Waals surface area contributed by atoms with E-state index in [1.54, 1.807) is 30.3 Å². The second kappa shape index (κ2) is 5.27. The van der Waals surface area contributed by atoms with Crippen LogP contribution < -0.4 is 0 Å². The molecular formula is C13H8N2O5. The van der Waals surface area contributed by atoms with E-state index in [4.69, 9.17) is 0 Å². The number of nitro groups is 2. The number of benzene rings is 2. The van der Waals surface area contributed by atoms with Gasteiger partial charge in [0.25, 0.3) is 0 Å². The number of rotatable bonds is 4. The number of nitro benzene ring substituents is 2. The van der Waals surface area contributed by atoms with Gasteiger partial charge in [0, 0.05) is 11.6 Å². The number of hydrogen-bond acceptors (Lipinski definition) is 5. The predicted molar refractivity (Wildman–Crippen MR) is 70.6 cm³/mol. The summed E-state index contributed by atoms with van der Waals surface area (Å²) in [6, 6.07) is 10.2. The maximum absolute atomic E-state index is 11.2. The smallest absolute Gasteiger partial charge is 0.298 e. The lowest BCUT2D eigenvalue weighted by Crippen LogP contribution is -2.01. The molecule has 0 aliphatic heterocycles. The Hall–Kier alpha value is -3.09. The van der Waals surface area contributed by atoms with E-state index in [1.165, 1.54) is 6.07 Å². The number of carbonyl (C=O) groups is 1. The van der Waals surface area contributed by atoms with Crippen molar-refractivity contribution in [2.24, 2.45) is 0 Å². The minimum atomic E-state index is -0.840. The molecule has 0 atom stereocenters. The fourth-order valence-corrected chi connectivity index (χ4v) is 1.93. The molecule has 0 aliphatic rings. The molecule has 100 valence electrons. The summed E-state index contributed by atoms with van der Waals surface area (Å²) < 4.78 is 0. The third-order valence-corrected chi connectivity index (χ3v) is 2.76. The number of hydrogen-bond donors (Lipinski definition) is 0. The summed E-state index contributed by atoms with van der Waals surface area (Å²) in [5.41, 5.74) is -0.941. The molecule has 0 aliphatic carbocycles. The summed E-state index contributed by atoms with van der Waals surface area (Å²) in [5.74, 6) is 0. The molecule has 7 nitrogen and oxygen atoms in total. The van der Waals surface area contributed by atoms with Crippen molar-refractivity contribution in [3.63, 3.8) is 0 Å². The minimum absolute atomic E-state index is 0.0356. The number of carbonyl (C=O) groups excluding carboxylic acids is 1. The number of nitrogens with zero attached hydrogens (tertiary/aromatic N) is 2. The van der Waals surface area contributed by atoms with Gasteiger partial charge in [-0.05, 0) is 11.6 Å². The van der Waals surface area contributed by atoms with E-state index in [1.807, 2.05) is 0 Å². The van der Waals surface area contributed by atoms with E-state index in [2.05, 4.69) is 0 Å². The second-order valence-corrected chi connectivity index (χ2v) is 3.90. The van der Waals surface area contributed by atoms with Crippen LogP contribution in [-0.2, 0) is 0 Å². The average molecular weight is 272 g/mol. The highest BCUT2D eigenvalue weighted by Crippen LogP contribution is 2.39. The Morgan fingerprint density at radius 1 is 0.900 bits per heavy atom. The van der Waals surface area contributed by atoms with Crippen molar-refractivity contribution in [3.8, 4) is 11.1 Å². The highest BCUT2D eigenvalue weighted by Gasteiger charge is 2.31. The van der Waals surface area contributed by atoms with Gasteiger partial charge in [0.1, 0.15) is 0 Å². The molecule has 0 saturated carbocycles. The molecule has 20 heavy (non-hydrogen) atoms. The van der Waals surface area contributed by atoms with Crippen LogP contribution in [0.3, 0.4) is 0 Å². The van der Waals surface area contributed by atoms with Crippen molar-refractivity contribution in [1.82, 2.24) is 0 Å². The largest absolute Gasteiger partial charge is 0.354 e. The molecule has 0 fully saturated rings. The SMILES string of the molecule is O=Cc1ccc([N+](=O)[O-])c([N+](=O)[O-])c1-c1ccccc1. The van der Waals surface area contributed by atoms with Crippen LogP contribution in [0, 0.1) is 20.2 Å². The Balaban J connectivity index is 2.88. The Morgan fingerprint density at radius 3 is 2.05 bits per heavy atom. The van der Waals surface area contributed by atoms with Crippen LogP contribution >= 0.6 is 0 Å². The van der Waals surface area contributed by atoms with E-state index in [-0.39, 0.29) is 11.1 Å². The van der Waals surface area contributed by atoms with Crippen LogP contribution in [0.2, 0.25) is 0 Å². The third-order valence-electron chi connectivity index (χ3n) is 2.76. The Labute approximate surface area is 112 Å². The summed E-state index contributed by atoms with van der Waals surface area (Å²) >= 11 is 0. The number of aldehydes is 1. The molecule has 2 rings (SSSR count). The highest BCUT2D eigenvalue weighted by atomic mass is 16.6. The van der Waals surface area contributed by atoms with Gasteiger partial charge in [-0.3, -0.25) is 25.0 Å². The minimum Gasteiger partial charge on any atom is -0.298 e. The van der Waals surface area contributed by atoms with Crippen LogP contribution in [0.25, 0.3) is 11.1 Å². The third kappa shape index (κ3) is 2.24. The van der Waals surface area contributed by atoms with Crippen LogP contribution in [0.4, 0.5) is 11.4 Å². The molecular weight excluding hydrogens is 264 g/mol. The maximum atomic E-state index is 11.2. The molecule has 0 radical (unpaired) electrons. The molecule has 0 heterocycles. The average Bonchev–Trinajstić information content (AvgIpc) is 2.46. The zero-order valence-corrected chi connectivity index (χ0v) is 10.1. The van der Waals surface area contributed by atoms with E-state index >= 15 is 0 Å². The van der Waals surface area contributed by atoms with Crippen molar-refractivity contribution >= 4 is 17.7 Å². The van der Waals surface area contributed by atoms with Gasteiger partial charge >= 0.3 is 11.4 Å². The lowest BCUT2D eigenvalue weighted by atomic mass is 9.97. The topological polar surface area (TPSA) is 103 Å². The molecule has 0 bridgehead atoms. The van der Waals surface area contributed by atoms with Gasteiger partial charge in [-0.15, -0.1) is 0 Å². The van der Waals surface area contributed by atoms with Crippen molar-refractivity contribution in [2.75, 3.05) is 0 Å². The first-order valence-corrected chi connectivity index (χ1v) is 5.52. The molecule has 0 amide bonds. The molecule has 0 saturated heterocycles. The first-order chi connectivity index (χ1) is 9.56. The lowest BCUT2D eigenvalue weighted by Gasteiger charge is -2.06. The molecule has 0 unspecified atom stereocenters. The van der Waals surface area contributed by atoms with Gasteiger partial charge in [-0.2, -0.15) is 0 Å². The fourth-order valence-electron chi connectivity index (χ4n) is 1.93. The Morgan fingerprint density at radius 2 is 1.55 bits per heavy atom. The van der Waals surface area contributed by atoms with Gasteiger partial charge in [0.05, 0.1) is 15.4 Å². The van der Waals surface area contributed by atoms with Crippen LogP contribution in [0.15, 0.2) is 42.5 Å². The molecule has 0 spiro atoms. The second-order valence-electron chi connectivity index (χ2n) is 3.90. The van der Waals surface area contributed by atoms with E-state index in [9.17, 15) is 25.0 Å². The zero-order chi connectivity index (χ0) is 14.7. The molecule has 0 aromatic heterocycles. The standard InChI is InChI=1S/C13H8N2O5/c16-8-10-6-7-11(14(17)18)13(15(19)20)12(10)9-4-2-1-3-5-9/h1-8H. The predicted octanol–water partition coefficient (Wildman–Crippen LogP) is 2.98. The Kier molecular flexibility index (Phi) is 3.52. The van der Waals surface area contributed by atoms with Gasteiger partial charge in [-0.1, -0.05) is 30.3 Å². The van der Waals surface area contributed by atoms with Crippen LogP contribution in [0.1, 0.15) is 10.4 Å². The maximum Gasteiger partial charge on any atom is 0.354 e. The molecule has 2 aromatic carbocycles. The first-order valence-electron chi connectivity index (χ1n) is 5.52. The van der Waals surface area contributed by atoms with Crippen LogP contribution in [-0.4, -0.2) is 16.1 Å². The fraction of sp³-hybridized carbons (Fsp3) is 0. The summed E-state index contributed by atoms with van der Waals surface area (Å²) in [6.45, 7) is 0. The summed E-state index contributed by atoms with van der Waals surface area (Å²) in [5, 5.41) is 22.1. The van der Waals surface area contributed by atoms with Gasteiger partial charge in [0.15, 0.2) is 6.29 Å².